The number of piperidine rings is 1. The van der Waals surface area contributed by atoms with Crippen molar-refractivity contribution >= 4 is 5.91 Å². The summed E-state index contributed by atoms with van der Waals surface area (Å²) >= 11 is 0. The van der Waals surface area contributed by atoms with Crippen LogP contribution in [0.5, 0.6) is 0 Å². The van der Waals surface area contributed by atoms with Gasteiger partial charge in [-0.05, 0) is 24.8 Å². The van der Waals surface area contributed by atoms with Crippen LogP contribution in [-0.2, 0) is 24.9 Å². The lowest BCUT2D eigenvalue weighted by atomic mass is 9.83. The summed E-state index contributed by atoms with van der Waals surface area (Å²) in [5, 5.41) is 0. The molecular weight excluding hydrogens is 382 g/mol. The Morgan fingerprint density at radius 3 is 2.83 bits per heavy atom. The van der Waals surface area contributed by atoms with E-state index in [9.17, 15) is 9.59 Å². The maximum absolute atomic E-state index is 13.3. The highest BCUT2D eigenvalue weighted by atomic mass is 16.5. The first kappa shape index (κ1) is 18.3. The number of rotatable bonds is 3. The molecule has 0 N–H and O–H groups in total. The van der Waals surface area contributed by atoms with Crippen molar-refractivity contribution in [2.75, 3.05) is 26.2 Å². The van der Waals surface area contributed by atoms with Crippen LogP contribution >= 0.6 is 0 Å². The lowest BCUT2D eigenvalue weighted by Gasteiger charge is -2.42. The second-order valence-corrected chi connectivity index (χ2v) is 9.34. The summed E-state index contributed by atoms with van der Waals surface area (Å²) < 4.78 is 9.45. The first-order valence-electron chi connectivity index (χ1n) is 10.9. The SMILES string of the molecule is Cn1ccnc1C(=O)N1C[C@@H]2C[C@H](C1)c1ccc(CN3C[C@H]4C[C@@H]3CO4)c(=O)n1C2. The molecule has 0 saturated carbocycles. The molecule has 0 unspecified atom stereocenters. The zero-order chi connectivity index (χ0) is 20.4. The zero-order valence-electron chi connectivity index (χ0n) is 17.2. The molecule has 8 heteroatoms. The van der Waals surface area contributed by atoms with Crippen LogP contribution in [-0.4, -0.2) is 68.2 Å². The van der Waals surface area contributed by atoms with E-state index in [4.69, 9.17) is 4.74 Å². The molecule has 0 spiro atoms. The Hall–Kier alpha value is -2.45. The van der Waals surface area contributed by atoms with Crippen LogP contribution in [0.3, 0.4) is 0 Å². The van der Waals surface area contributed by atoms with Crippen LogP contribution < -0.4 is 5.56 Å². The molecule has 1 amide bonds. The van der Waals surface area contributed by atoms with Crippen molar-refractivity contribution in [3.05, 3.63) is 52.0 Å². The van der Waals surface area contributed by atoms with Gasteiger partial charge in [-0.25, -0.2) is 4.98 Å². The van der Waals surface area contributed by atoms with Gasteiger partial charge < -0.3 is 18.8 Å². The Morgan fingerprint density at radius 1 is 1.20 bits per heavy atom. The molecule has 0 aliphatic carbocycles. The normalized spacial score (nSPS) is 30.0. The topological polar surface area (TPSA) is 72.6 Å². The summed E-state index contributed by atoms with van der Waals surface area (Å²) in [6.45, 7) is 4.46. The van der Waals surface area contributed by atoms with E-state index in [2.05, 4.69) is 16.0 Å². The van der Waals surface area contributed by atoms with E-state index in [0.717, 1.165) is 37.3 Å². The highest BCUT2D eigenvalue weighted by Crippen LogP contribution is 2.36. The minimum Gasteiger partial charge on any atom is -0.375 e. The van der Waals surface area contributed by atoms with E-state index in [-0.39, 0.29) is 17.4 Å². The number of imidazole rings is 1. The van der Waals surface area contributed by atoms with Crippen molar-refractivity contribution in [3.8, 4) is 0 Å². The molecule has 4 aliphatic rings. The highest BCUT2D eigenvalue weighted by molar-refractivity contribution is 5.91. The van der Waals surface area contributed by atoms with E-state index in [0.29, 0.717) is 50.1 Å². The lowest BCUT2D eigenvalue weighted by molar-refractivity contribution is 0.0270. The van der Waals surface area contributed by atoms with E-state index in [1.807, 2.05) is 22.6 Å². The monoisotopic (exact) mass is 409 g/mol. The minimum atomic E-state index is -0.0177. The van der Waals surface area contributed by atoms with Crippen molar-refractivity contribution in [2.24, 2.45) is 13.0 Å². The van der Waals surface area contributed by atoms with Crippen LogP contribution in [0.15, 0.2) is 29.3 Å². The number of carbonyl (C=O) groups is 1. The van der Waals surface area contributed by atoms with Gasteiger partial charge in [0.25, 0.3) is 11.5 Å². The zero-order valence-corrected chi connectivity index (χ0v) is 17.2. The van der Waals surface area contributed by atoms with E-state index < -0.39 is 0 Å². The summed E-state index contributed by atoms with van der Waals surface area (Å²) in [6.07, 6.45) is 5.93. The fourth-order valence-electron chi connectivity index (χ4n) is 5.88. The Kier molecular flexibility index (Phi) is 4.14. The minimum absolute atomic E-state index is 0.0177. The van der Waals surface area contributed by atoms with Crippen molar-refractivity contribution in [1.82, 2.24) is 23.9 Å². The lowest BCUT2D eigenvalue weighted by Crippen LogP contribution is -2.50. The number of nitrogens with zero attached hydrogens (tertiary/aromatic N) is 5. The second-order valence-electron chi connectivity index (χ2n) is 9.34. The van der Waals surface area contributed by atoms with Gasteiger partial charge in [-0.2, -0.15) is 0 Å². The number of hydrogen-bond donors (Lipinski definition) is 0. The van der Waals surface area contributed by atoms with Gasteiger partial charge in [-0.1, -0.05) is 6.07 Å². The van der Waals surface area contributed by atoms with E-state index in [1.54, 1.807) is 17.0 Å². The second kappa shape index (κ2) is 6.78. The summed E-state index contributed by atoms with van der Waals surface area (Å²) in [4.78, 5) is 34.8. The molecule has 4 atom stereocenters. The maximum atomic E-state index is 13.3. The molecular formula is C22H27N5O3. The third-order valence-corrected chi connectivity index (χ3v) is 7.37. The number of aryl methyl sites for hydroxylation is 1. The van der Waals surface area contributed by atoms with Gasteiger partial charge in [0.2, 0.25) is 0 Å². The Labute approximate surface area is 175 Å². The number of likely N-dealkylation sites (tertiary alicyclic amines) is 2. The first-order valence-corrected chi connectivity index (χ1v) is 10.9. The van der Waals surface area contributed by atoms with Gasteiger partial charge in [0.1, 0.15) is 0 Å². The third-order valence-electron chi connectivity index (χ3n) is 7.37. The summed E-state index contributed by atoms with van der Waals surface area (Å²) in [5.41, 5.74) is 2.10. The molecule has 4 aliphatic heterocycles. The predicted molar refractivity (Wildman–Crippen MR) is 109 cm³/mol. The van der Waals surface area contributed by atoms with Crippen LogP contribution in [0.4, 0.5) is 0 Å². The fourth-order valence-corrected chi connectivity index (χ4v) is 5.88. The third kappa shape index (κ3) is 2.85. The molecule has 3 saturated heterocycles. The van der Waals surface area contributed by atoms with Crippen molar-refractivity contribution in [3.63, 3.8) is 0 Å². The fraction of sp³-hybridized carbons (Fsp3) is 0.591. The van der Waals surface area contributed by atoms with Crippen molar-refractivity contribution < 1.29 is 9.53 Å². The van der Waals surface area contributed by atoms with Crippen LogP contribution in [0.1, 0.15) is 40.6 Å². The standard InChI is InChI=1S/C22H27N5O3/c1-24-5-4-23-20(24)22(29)26-8-14-6-16(11-26)19-3-2-15(21(28)27(19)9-14)10-25-12-18-7-17(25)13-30-18/h2-5,14,16-18H,6-13H2,1H3/t14-,16+,17+,18+/m0/s1. The number of amides is 1. The summed E-state index contributed by atoms with van der Waals surface area (Å²) in [5.74, 6) is 0.979. The number of morpholine rings is 1. The molecule has 6 heterocycles. The van der Waals surface area contributed by atoms with Crippen molar-refractivity contribution in [2.45, 2.75) is 44.0 Å². The highest BCUT2D eigenvalue weighted by Gasteiger charge is 2.40. The molecule has 3 fully saturated rings. The summed E-state index contributed by atoms with van der Waals surface area (Å²) in [6, 6.07) is 4.60. The average Bonchev–Trinajstić information content (AvgIpc) is 3.47. The Morgan fingerprint density at radius 2 is 2.10 bits per heavy atom. The number of hydrogen-bond acceptors (Lipinski definition) is 5. The van der Waals surface area contributed by atoms with Crippen LogP contribution in [0.2, 0.25) is 0 Å². The quantitative estimate of drug-likeness (QED) is 0.750. The number of ether oxygens (including phenoxy) is 1. The van der Waals surface area contributed by atoms with Gasteiger partial charge in [0.05, 0.1) is 12.7 Å². The van der Waals surface area contributed by atoms with Crippen molar-refractivity contribution in [1.29, 1.82) is 0 Å². The van der Waals surface area contributed by atoms with Gasteiger partial charge in [0.15, 0.2) is 5.82 Å². The molecule has 0 aromatic carbocycles. The molecule has 6 rings (SSSR count). The smallest absolute Gasteiger partial charge is 0.289 e. The molecule has 2 aromatic heterocycles. The number of aromatic nitrogens is 3. The number of pyridine rings is 1. The average molecular weight is 409 g/mol. The van der Waals surface area contributed by atoms with Gasteiger partial charge in [-0.15, -0.1) is 0 Å². The van der Waals surface area contributed by atoms with Crippen LogP contribution in [0, 0.1) is 5.92 Å². The number of fused-ring (bicyclic) bond motifs is 6. The summed E-state index contributed by atoms with van der Waals surface area (Å²) in [7, 11) is 1.85. The number of carbonyl (C=O) groups excluding carboxylic acids is 1. The van der Waals surface area contributed by atoms with E-state index in [1.165, 1.54) is 0 Å². The van der Waals surface area contributed by atoms with Gasteiger partial charge >= 0.3 is 0 Å². The molecule has 2 aromatic rings. The maximum Gasteiger partial charge on any atom is 0.289 e. The van der Waals surface area contributed by atoms with Gasteiger partial charge in [-0.3, -0.25) is 14.5 Å². The first-order chi connectivity index (χ1) is 14.6. The van der Waals surface area contributed by atoms with Gasteiger partial charge in [0, 0.05) is 75.4 Å². The Balaban J connectivity index is 1.24. The molecule has 0 radical (unpaired) electrons. The Bertz CT molecular complexity index is 1060. The van der Waals surface area contributed by atoms with Crippen LogP contribution in [0.25, 0.3) is 0 Å². The predicted octanol–water partition coefficient (Wildman–Crippen LogP) is 0.814. The molecule has 4 bridgehead atoms. The van der Waals surface area contributed by atoms with E-state index >= 15 is 0 Å². The molecule has 8 nitrogen and oxygen atoms in total. The largest absolute Gasteiger partial charge is 0.375 e. The molecule has 30 heavy (non-hydrogen) atoms. The molecule has 158 valence electrons.